The molecule has 1 aromatic heterocycles. The van der Waals surface area contributed by atoms with Gasteiger partial charge in [0.25, 0.3) is 0 Å². The van der Waals surface area contributed by atoms with Gasteiger partial charge in [-0.2, -0.15) is 0 Å². The van der Waals surface area contributed by atoms with Crippen molar-refractivity contribution in [1.29, 1.82) is 0 Å². The lowest BCUT2D eigenvalue weighted by atomic mass is 10.1. The number of aryl methyl sites for hydroxylation is 2. The van der Waals surface area contributed by atoms with Crippen molar-refractivity contribution < 1.29 is 4.79 Å². The second-order valence-electron chi connectivity index (χ2n) is 5.72. The Labute approximate surface area is 135 Å². The van der Waals surface area contributed by atoms with Crippen molar-refractivity contribution in [3.8, 4) is 0 Å². The number of aromatic nitrogens is 1. The predicted molar refractivity (Wildman–Crippen MR) is 88.8 cm³/mol. The Kier molecular flexibility index (Phi) is 4.55. The topological polar surface area (TPSA) is 54.0 Å². The molecule has 0 spiro atoms. The van der Waals surface area contributed by atoms with Gasteiger partial charge in [-0.3, -0.25) is 10.1 Å². The number of thiazole rings is 1. The summed E-state index contributed by atoms with van der Waals surface area (Å²) in [7, 11) is 0. The van der Waals surface area contributed by atoms with Gasteiger partial charge in [0.2, 0.25) is 5.91 Å². The summed E-state index contributed by atoms with van der Waals surface area (Å²) >= 11 is 1.65. The first-order valence-corrected chi connectivity index (χ1v) is 8.47. The highest BCUT2D eigenvalue weighted by Crippen LogP contribution is 2.26. The molecule has 2 aromatic rings. The molecule has 0 bridgehead atoms. The van der Waals surface area contributed by atoms with E-state index in [1.165, 1.54) is 5.56 Å². The Balaban J connectivity index is 1.54. The predicted octanol–water partition coefficient (Wildman–Crippen LogP) is 2.87. The molecule has 1 aliphatic rings. The molecule has 0 aliphatic carbocycles. The van der Waals surface area contributed by atoms with Gasteiger partial charge in [-0.15, -0.1) is 11.3 Å². The highest BCUT2D eigenvalue weighted by Gasteiger charge is 2.29. The second kappa shape index (κ2) is 6.58. The van der Waals surface area contributed by atoms with Crippen LogP contribution < -0.4 is 10.6 Å². The zero-order valence-electron chi connectivity index (χ0n) is 12.9. The SMILES string of the molecule is Cc1nc(C)c(CNC(=O)[C@H]2CC[C@H](c3ccccc3)N2)s1. The normalized spacial score (nSPS) is 21.0. The molecule has 1 aliphatic heterocycles. The number of amides is 1. The van der Waals surface area contributed by atoms with Crippen LogP contribution in [-0.4, -0.2) is 16.9 Å². The molecule has 2 atom stereocenters. The standard InChI is InChI=1S/C17H21N3OS/c1-11-16(22-12(2)19-11)10-18-17(21)15-9-8-14(20-15)13-6-4-3-5-7-13/h3-7,14-15,20H,8-10H2,1-2H3,(H,18,21)/t14-,15-/m1/s1. The number of benzene rings is 1. The van der Waals surface area contributed by atoms with Crippen LogP contribution in [0, 0.1) is 13.8 Å². The third kappa shape index (κ3) is 3.36. The largest absolute Gasteiger partial charge is 0.350 e. The molecule has 22 heavy (non-hydrogen) atoms. The molecule has 2 heterocycles. The summed E-state index contributed by atoms with van der Waals surface area (Å²) in [5, 5.41) is 7.52. The molecule has 0 radical (unpaired) electrons. The maximum absolute atomic E-state index is 12.3. The zero-order chi connectivity index (χ0) is 15.5. The van der Waals surface area contributed by atoms with Crippen LogP contribution in [0.4, 0.5) is 0 Å². The molecule has 1 aromatic carbocycles. The number of carbonyl (C=O) groups is 1. The van der Waals surface area contributed by atoms with E-state index in [0.29, 0.717) is 6.54 Å². The summed E-state index contributed by atoms with van der Waals surface area (Å²) in [4.78, 5) is 17.9. The van der Waals surface area contributed by atoms with Crippen LogP contribution in [0.5, 0.6) is 0 Å². The minimum atomic E-state index is -0.0977. The van der Waals surface area contributed by atoms with Crippen molar-refractivity contribution in [2.24, 2.45) is 0 Å². The van der Waals surface area contributed by atoms with Gasteiger partial charge in [0.1, 0.15) is 0 Å². The Bertz CT molecular complexity index is 653. The summed E-state index contributed by atoms with van der Waals surface area (Å²) in [6.07, 6.45) is 1.88. The van der Waals surface area contributed by atoms with E-state index in [2.05, 4.69) is 27.8 Å². The van der Waals surface area contributed by atoms with Crippen LogP contribution in [0.3, 0.4) is 0 Å². The molecule has 2 N–H and O–H groups in total. The quantitative estimate of drug-likeness (QED) is 0.912. The minimum absolute atomic E-state index is 0.0869. The Morgan fingerprint density at radius 3 is 2.77 bits per heavy atom. The maximum Gasteiger partial charge on any atom is 0.237 e. The average molecular weight is 315 g/mol. The van der Waals surface area contributed by atoms with Crippen LogP contribution in [0.1, 0.15) is 40.0 Å². The number of nitrogens with zero attached hydrogens (tertiary/aromatic N) is 1. The highest BCUT2D eigenvalue weighted by atomic mass is 32.1. The van der Waals surface area contributed by atoms with Crippen LogP contribution in [0.15, 0.2) is 30.3 Å². The molecule has 5 heteroatoms. The Morgan fingerprint density at radius 1 is 1.32 bits per heavy atom. The van der Waals surface area contributed by atoms with Gasteiger partial charge in [0.05, 0.1) is 23.3 Å². The van der Waals surface area contributed by atoms with Gasteiger partial charge in [0, 0.05) is 10.9 Å². The van der Waals surface area contributed by atoms with E-state index in [1.807, 2.05) is 32.0 Å². The van der Waals surface area contributed by atoms with Crippen molar-refractivity contribution in [3.63, 3.8) is 0 Å². The maximum atomic E-state index is 12.3. The summed E-state index contributed by atoms with van der Waals surface area (Å²) in [5.74, 6) is 0.0869. The molecule has 1 amide bonds. The molecular formula is C17H21N3OS. The number of rotatable bonds is 4. The van der Waals surface area contributed by atoms with E-state index < -0.39 is 0 Å². The lowest BCUT2D eigenvalue weighted by molar-refractivity contribution is -0.123. The van der Waals surface area contributed by atoms with E-state index in [0.717, 1.165) is 28.4 Å². The fourth-order valence-electron chi connectivity index (χ4n) is 2.93. The fourth-order valence-corrected chi connectivity index (χ4v) is 3.80. The van der Waals surface area contributed by atoms with Crippen molar-refractivity contribution in [3.05, 3.63) is 51.5 Å². The van der Waals surface area contributed by atoms with Crippen LogP contribution >= 0.6 is 11.3 Å². The first kappa shape index (κ1) is 15.2. The van der Waals surface area contributed by atoms with E-state index in [9.17, 15) is 4.79 Å². The molecule has 1 saturated heterocycles. The Hall–Kier alpha value is -1.72. The monoisotopic (exact) mass is 315 g/mol. The van der Waals surface area contributed by atoms with Crippen LogP contribution in [0.2, 0.25) is 0 Å². The van der Waals surface area contributed by atoms with Crippen LogP contribution in [-0.2, 0) is 11.3 Å². The van der Waals surface area contributed by atoms with Gasteiger partial charge in [-0.05, 0) is 32.3 Å². The molecule has 0 unspecified atom stereocenters. The van der Waals surface area contributed by atoms with E-state index in [-0.39, 0.29) is 18.0 Å². The lowest BCUT2D eigenvalue weighted by Crippen LogP contribution is -2.40. The molecule has 1 fully saturated rings. The number of nitrogens with one attached hydrogen (secondary N) is 2. The van der Waals surface area contributed by atoms with Crippen LogP contribution in [0.25, 0.3) is 0 Å². The molecular weight excluding hydrogens is 294 g/mol. The number of hydrogen-bond donors (Lipinski definition) is 2. The second-order valence-corrected chi connectivity index (χ2v) is 7.01. The van der Waals surface area contributed by atoms with Gasteiger partial charge >= 0.3 is 0 Å². The van der Waals surface area contributed by atoms with Gasteiger partial charge < -0.3 is 5.32 Å². The molecule has 0 saturated carbocycles. The van der Waals surface area contributed by atoms with Gasteiger partial charge in [-0.1, -0.05) is 30.3 Å². The highest BCUT2D eigenvalue weighted by molar-refractivity contribution is 7.11. The minimum Gasteiger partial charge on any atom is -0.350 e. The number of carbonyl (C=O) groups excluding carboxylic acids is 1. The smallest absolute Gasteiger partial charge is 0.237 e. The van der Waals surface area contributed by atoms with Gasteiger partial charge in [-0.25, -0.2) is 4.98 Å². The first-order chi connectivity index (χ1) is 10.6. The van der Waals surface area contributed by atoms with Gasteiger partial charge in [0.15, 0.2) is 0 Å². The average Bonchev–Trinajstić information content (AvgIpc) is 3.12. The Morgan fingerprint density at radius 2 is 2.09 bits per heavy atom. The first-order valence-electron chi connectivity index (χ1n) is 7.65. The third-order valence-corrected chi connectivity index (χ3v) is 5.16. The van der Waals surface area contributed by atoms with Crippen molar-refractivity contribution in [2.75, 3.05) is 0 Å². The molecule has 3 rings (SSSR count). The van der Waals surface area contributed by atoms with E-state index >= 15 is 0 Å². The van der Waals surface area contributed by atoms with Crippen molar-refractivity contribution in [2.45, 2.75) is 45.3 Å². The van der Waals surface area contributed by atoms with E-state index in [4.69, 9.17) is 0 Å². The summed E-state index contributed by atoms with van der Waals surface area (Å²) in [5.41, 5.74) is 2.27. The number of hydrogen-bond acceptors (Lipinski definition) is 4. The molecule has 4 nitrogen and oxygen atoms in total. The third-order valence-electron chi connectivity index (χ3n) is 4.09. The summed E-state index contributed by atoms with van der Waals surface area (Å²) in [6.45, 7) is 4.56. The summed E-state index contributed by atoms with van der Waals surface area (Å²) < 4.78 is 0. The summed E-state index contributed by atoms with van der Waals surface area (Å²) in [6, 6.07) is 10.5. The van der Waals surface area contributed by atoms with Crippen molar-refractivity contribution in [1.82, 2.24) is 15.6 Å². The molecule has 116 valence electrons. The fraction of sp³-hybridized carbons (Fsp3) is 0.412. The van der Waals surface area contributed by atoms with Crippen molar-refractivity contribution >= 4 is 17.2 Å². The zero-order valence-corrected chi connectivity index (χ0v) is 13.7. The van der Waals surface area contributed by atoms with E-state index in [1.54, 1.807) is 11.3 Å². The lowest BCUT2D eigenvalue weighted by Gasteiger charge is -2.14.